The van der Waals surface area contributed by atoms with E-state index < -0.39 is 11.9 Å². The van der Waals surface area contributed by atoms with Gasteiger partial charge in [0.15, 0.2) is 11.5 Å². The van der Waals surface area contributed by atoms with Gasteiger partial charge in [-0.15, -0.1) is 11.8 Å². The lowest BCUT2D eigenvalue weighted by Gasteiger charge is -2.19. The molecule has 0 saturated carbocycles. The molecule has 0 aliphatic heterocycles. The van der Waals surface area contributed by atoms with Crippen molar-refractivity contribution in [3.63, 3.8) is 0 Å². The SMILES string of the molecule is COc1cc(C(=O)NNC(=O)N(C)Cc2ccc(SC)cc2)cc(OC)c1OC. The van der Waals surface area contributed by atoms with Crippen LogP contribution in [-0.4, -0.2) is 51.5 Å². The standard InChI is InChI=1S/C20H25N3O5S/c1-23(12-13-6-8-15(29-5)9-7-13)20(25)22-21-19(24)14-10-16(26-2)18(28-4)17(11-14)27-3/h6-11H,12H2,1-5H3,(H,21,24)(H,22,25). The van der Waals surface area contributed by atoms with E-state index in [-0.39, 0.29) is 5.56 Å². The molecule has 29 heavy (non-hydrogen) atoms. The van der Waals surface area contributed by atoms with E-state index in [0.29, 0.717) is 23.8 Å². The number of ether oxygens (including phenoxy) is 3. The van der Waals surface area contributed by atoms with Crippen LogP contribution in [0.5, 0.6) is 17.2 Å². The Kier molecular flexibility index (Phi) is 8.02. The van der Waals surface area contributed by atoms with Gasteiger partial charge >= 0.3 is 6.03 Å². The Balaban J connectivity index is 1.99. The minimum Gasteiger partial charge on any atom is -0.493 e. The zero-order chi connectivity index (χ0) is 21.4. The lowest BCUT2D eigenvalue weighted by molar-refractivity contribution is 0.0930. The van der Waals surface area contributed by atoms with Crippen molar-refractivity contribution in [2.45, 2.75) is 11.4 Å². The van der Waals surface area contributed by atoms with Crippen molar-refractivity contribution in [2.75, 3.05) is 34.6 Å². The summed E-state index contributed by atoms with van der Waals surface area (Å²) in [6.07, 6.45) is 2.01. The molecule has 0 fully saturated rings. The molecule has 0 saturated heterocycles. The summed E-state index contributed by atoms with van der Waals surface area (Å²) in [6.45, 7) is 0.403. The maximum atomic E-state index is 12.4. The summed E-state index contributed by atoms with van der Waals surface area (Å²) in [5.74, 6) is 0.543. The van der Waals surface area contributed by atoms with Crippen LogP contribution in [0.25, 0.3) is 0 Å². The second-order valence-electron chi connectivity index (χ2n) is 6.00. The first-order chi connectivity index (χ1) is 13.9. The van der Waals surface area contributed by atoms with Gasteiger partial charge in [0.2, 0.25) is 5.75 Å². The van der Waals surface area contributed by atoms with Crippen LogP contribution in [0.15, 0.2) is 41.3 Å². The predicted molar refractivity (Wildman–Crippen MR) is 112 cm³/mol. The Bertz CT molecular complexity index is 833. The molecule has 0 aliphatic carbocycles. The monoisotopic (exact) mass is 419 g/mol. The third-order valence-electron chi connectivity index (χ3n) is 4.14. The summed E-state index contributed by atoms with van der Waals surface area (Å²) in [6, 6.07) is 10.5. The van der Waals surface area contributed by atoms with E-state index in [0.717, 1.165) is 10.5 Å². The molecule has 2 rings (SSSR count). The second kappa shape index (κ2) is 10.5. The van der Waals surface area contributed by atoms with E-state index in [1.165, 1.54) is 38.4 Å². The molecule has 0 spiro atoms. The number of methoxy groups -OCH3 is 3. The van der Waals surface area contributed by atoms with Crippen LogP contribution in [0.2, 0.25) is 0 Å². The average Bonchev–Trinajstić information content (AvgIpc) is 2.76. The topological polar surface area (TPSA) is 89.1 Å². The van der Waals surface area contributed by atoms with Crippen molar-refractivity contribution in [3.05, 3.63) is 47.5 Å². The van der Waals surface area contributed by atoms with Crippen LogP contribution < -0.4 is 25.1 Å². The van der Waals surface area contributed by atoms with Crippen molar-refractivity contribution in [3.8, 4) is 17.2 Å². The molecule has 0 radical (unpaired) electrons. The van der Waals surface area contributed by atoms with Crippen LogP contribution in [0.1, 0.15) is 15.9 Å². The quantitative estimate of drug-likeness (QED) is 0.530. The van der Waals surface area contributed by atoms with Crippen molar-refractivity contribution in [2.24, 2.45) is 0 Å². The fourth-order valence-corrected chi connectivity index (χ4v) is 2.97. The number of carbonyl (C=O) groups excluding carboxylic acids is 2. The van der Waals surface area contributed by atoms with Gasteiger partial charge < -0.3 is 19.1 Å². The molecule has 8 nitrogen and oxygen atoms in total. The highest BCUT2D eigenvalue weighted by Crippen LogP contribution is 2.38. The molecule has 0 aromatic heterocycles. The maximum Gasteiger partial charge on any atom is 0.336 e. The molecular weight excluding hydrogens is 394 g/mol. The Hall–Kier alpha value is -3.07. The van der Waals surface area contributed by atoms with E-state index in [4.69, 9.17) is 14.2 Å². The van der Waals surface area contributed by atoms with Gasteiger partial charge in [-0.25, -0.2) is 10.2 Å². The van der Waals surface area contributed by atoms with Crippen molar-refractivity contribution < 1.29 is 23.8 Å². The van der Waals surface area contributed by atoms with Crippen molar-refractivity contribution in [1.82, 2.24) is 15.8 Å². The number of thioether (sulfide) groups is 1. The van der Waals surface area contributed by atoms with Crippen LogP contribution in [0.3, 0.4) is 0 Å². The number of urea groups is 1. The van der Waals surface area contributed by atoms with Gasteiger partial charge in [0.05, 0.1) is 21.3 Å². The molecule has 3 amide bonds. The first-order valence-corrected chi connectivity index (χ1v) is 9.90. The van der Waals surface area contributed by atoms with Crippen LogP contribution in [0, 0.1) is 0 Å². The number of nitrogens with zero attached hydrogens (tertiary/aromatic N) is 1. The third-order valence-corrected chi connectivity index (χ3v) is 4.88. The number of nitrogens with one attached hydrogen (secondary N) is 2. The normalized spacial score (nSPS) is 10.1. The lowest BCUT2D eigenvalue weighted by atomic mass is 10.1. The number of carbonyl (C=O) groups is 2. The second-order valence-corrected chi connectivity index (χ2v) is 6.88. The Labute approximate surface area is 174 Å². The van der Waals surface area contributed by atoms with Crippen LogP contribution in [0.4, 0.5) is 4.79 Å². The Morgan fingerprint density at radius 1 is 0.966 bits per heavy atom. The molecular formula is C20H25N3O5S. The molecule has 0 bridgehead atoms. The van der Waals surface area contributed by atoms with Gasteiger partial charge in [-0.05, 0) is 36.1 Å². The molecule has 0 unspecified atom stereocenters. The lowest BCUT2D eigenvalue weighted by Crippen LogP contribution is -2.47. The number of hydrogen-bond donors (Lipinski definition) is 2. The number of hydrazine groups is 1. The van der Waals surface area contributed by atoms with Gasteiger partial charge in [0.1, 0.15) is 0 Å². The summed E-state index contributed by atoms with van der Waals surface area (Å²) in [7, 11) is 6.04. The Morgan fingerprint density at radius 2 is 1.55 bits per heavy atom. The van der Waals surface area contributed by atoms with E-state index in [9.17, 15) is 9.59 Å². The first-order valence-electron chi connectivity index (χ1n) is 8.67. The summed E-state index contributed by atoms with van der Waals surface area (Å²) in [5, 5.41) is 0. The highest BCUT2D eigenvalue weighted by atomic mass is 32.2. The number of rotatable bonds is 7. The minimum absolute atomic E-state index is 0.245. The van der Waals surface area contributed by atoms with Crippen molar-refractivity contribution >= 4 is 23.7 Å². The maximum absolute atomic E-state index is 12.4. The van der Waals surface area contributed by atoms with Gasteiger partial charge in [0, 0.05) is 24.1 Å². The summed E-state index contributed by atoms with van der Waals surface area (Å²) in [5.41, 5.74) is 6.01. The van der Waals surface area contributed by atoms with E-state index in [1.807, 2.05) is 30.5 Å². The zero-order valence-corrected chi connectivity index (χ0v) is 17.9. The number of amides is 3. The molecule has 2 aromatic carbocycles. The van der Waals surface area contributed by atoms with E-state index in [2.05, 4.69) is 10.9 Å². The van der Waals surface area contributed by atoms with Gasteiger partial charge in [-0.2, -0.15) is 0 Å². The fourth-order valence-electron chi connectivity index (χ4n) is 2.57. The number of benzene rings is 2. The highest BCUT2D eigenvalue weighted by molar-refractivity contribution is 7.98. The van der Waals surface area contributed by atoms with Crippen LogP contribution in [-0.2, 0) is 6.54 Å². The average molecular weight is 420 g/mol. The van der Waals surface area contributed by atoms with E-state index in [1.54, 1.807) is 18.8 Å². The molecule has 0 aliphatic rings. The molecule has 2 N–H and O–H groups in total. The van der Waals surface area contributed by atoms with E-state index >= 15 is 0 Å². The van der Waals surface area contributed by atoms with Gasteiger partial charge in [-0.1, -0.05) is 12.1 Å². The van der Waals surface area contributed by atoms with Crippen molar-refractivity contribution in [1.29, 1.82) is 0 Å². The molecule has 0 atom stereocenters. The molecule has 9 heteroatoms. The number of hydrogen-bond acceptors (Lipinski definition) is 6. The summed E-state index contributed by atoms with van der Waals surface area (Å²) < 4.78 is 15.7. The molecule has 0 heterocycles. The zero-order valence-electron chi connectivity index (χ0n) is 17.1. The molecule has 156 valence electrons. The van der Waals surface area contributed by atoms with Crippen LogP contribution >= 0.6 is 11.8 Å². The smallest absolute Gasteiger partial charge is 0.336 e. The summed E-state index contributed by atoms with van der Waals surface area (Å²) >= 11 is 1.65. The minimum atomic E-state index is -0.518. The summed E-state index contributed by atoms with van der Waals surface area (Å²) in [4.78, 5) is 27.3. The first kappa shape index (κ1) is 22.2. The third kappa shape index (κ3) is 5.71. The largest absolute Gasteiger partial charge is 0.493 e. The predicted octanol–water partition coefficient (Wildman–Crippen LogP) is 2.92. The van der Waals surface area contributed by atoms with Gasteiger partial charge in [-0.3, -0.25) is 10.2 Å². The van der Waals surface area contributed by atoms with Gasteiger partial charge in [0.25, 0.3) is 5.91 Å². The Morgan fingerprint density at radius 3 is 2.03 bits per heavy atom. The highest BCUT2D eigenvalue weighted by Gasteiger charge is 2.18. The fraction of sp³-hybridized carbons (Fsp3) is 0.300. The molecule has 2 aromatic rings.